The molecule has 4 heteroatoms. The van der Waals surface area contributed by atoms with Crippen LogP contribution in [0.25, 0.3) is 0 Å². The molecule has 1 atom stereocenters. The Kier molecular flexibility index (Phi) is 3.82. The van der Waals surface area contributed by atoms with Crippen molar-refractivity contribution in [2.75, 3.05) is 0 Å². The summed E-state index contributed by atoms with van der Waals surface area (Å²) in [5, 5.41) is 3.91. The fraction of sp³-hybridized carbons (Fsp3) is 0.308. The Morgan fingerprint density at radius 1 is 1.41 bits per heavy atom. The van der Waals surface area contributed by atoms with Gasteiger partial charge in [-0.1, -0.05) is 17.7 Å². The van der Waals surface area contributed by atoms with Crippen LogP contribution in [0.4, 0.5) is 0 Å². The zero-order valence-electron chi connectivity index (χ0n) is 9.90. The fourth-order valence-corrected chi connectivity index (χ4v) is 2.74. The number of thiazole rings is 1. The summed E-state index contributed by atoms with van der Waals surface area (Å²) in [5.74, 6) is 0. The van der Waals surface area contributed by atoms with Crippen LogP contribution in [-0.4, -0.2) is 4.98 Å². The maximum Gasteiger partial charge on any atom is 0.0897 e. The van der Waals surface area contributed by atoms with Crippen LogP contribution in [-0.2, 0) is 6.42 Å². The summed E-state index contributed by atoms with van der Waals surface area (Å²) in [6, 6.07) is 5.81. The summed E-state index contributed by atoms with van der Waals surface area (Å²) in [4.78, 5) is 4.44. The predicted octanol–water partition coefficient (Wildman–Crippen LogP) is 3.66. The highest BCUT2D eigenvalue weighted by molar-refractivity contribution is 7.09. The van der Waals surface area contributed by atoms with E-state index in [1.807, 2.05) is 32.0 Å². The van der Waals surface area contributed by atoms with Gasteiger partial charge in [0.2, 0.25) is 0 Å². The van der Waals surface area contributed by atoms with E-state index in [0.29, 0.717) is 0 Å². The molecular formula is C13H15ClN2S. The van der Waals surface area contributed by atoms with Crippen LogP contribution in [0.5, 0.6) is 0 Å². The molecule has 0 amide bonds. The number of hydrogen-bond donors (Lipinski definition) is 1. The Labute approximate surface area is 110 Å². The van der Waals surface area contributed by atoms with E-state index in [4.69, 9.17) is 17.3 Å². The third-order valence-corrected chi connectivity index (χ3v) is 3.78. The minimum Gasteiger partial charge on any atom is -0.324 e. The van der Waals surface area contributed by atoms with Gasteiger partial charge in [-0.05, 0) is 37.1 Å². The number of halogens is 1. The number of rotatable bonds is 3. The molecule has 0 saturated heterocycles. The molecule has 0 radical (unpaired) electrons. The van der Waals surface area contributed by atoms with Crippen LogP contribution in [0.1, 0.15) is 27.9 Å². The molecule has 2 N–H and O–H groups in total. The topological polar surface area (TPSA) is 38.9 Å². The molecule has 2 aromatic rings. The third kappa shape index (κ3) is 3.06. The van der Waals surface area contributed by atoms with E-state index >= 15 is 0 Å². The summed E-state index contributed by atoms with van der Waals surface area (Å²) >= 11 is 7.59. The number of aromatic nitrogens is 1. The van der Waals surface area contributed by atoms with Gasteiger partial charge in [-0.2, -0.15) is 0 Å². The average molecular weight is 267 g/mol. The van der Waals surface area contributed by atoms with Gasteiger partial charge in [0.15, 0.2) is 0 Å². The molecule has 1 unspecified atom stereocenters. The van der Waals surface area contributed by atoms with Crippen molar-refractivity contribution in [3.63, 3.8) is 0 Å². The molecule has 0 aliphatic carbocycles. The van der Waals surface area contributed by atoms with Gasteiger partial charge in [-0.3, -0.25) is 0 Å². The Morgan fingerprint density at radius 2 is 2.18 bits per heavy atom. The highest BCUT2D eigenvalue weighted by Crippen LogP contribution is 2.23. The summed E-state index contributed by atoms with van der Waals surface area (Å²) in [7, 11) is 0. The van der Waals surface area contributed by atoms with Crippen molar-refractivity contribution in [3.8, 4) is 0 Å². The van der Waals surface area contributed by atoms with Gasteiger partial charge in [0.05, 0.1) is 10.7 Å². The number of benzene rings is 1. The van der Waals surface area contributed by atoms with Crippen LogP contribution in [0.15, 0.2) is 23.6 Å². The second kappa shape index (κ2) is 5.17. The fourth-order valence-electron chi connectivity index (χ4n) is 1.89. The minimum absolute atomic E-state index is 0.0197. The summed E-state index contributed by atoms with van der Waals surface area (Å²) in [5.41, 5.74) is 9.55. The van der Waals surface area contributed by atoms with Gasteiger partial charge in [-0.15, -0.1) is 11.3 Å². The normalized spacial score (nSPS) is 12.7. The highest BCUT2D eigenvalue weighted by atomic mass is 35.5. The van der Waals surface area contributed by atoms with Crippen molar-refractivity contribution in [1.29, 1.82) is 0 Å². The summed E-state index contributed by atoms with van der Waals surface area (Å²) < 4.78 is 0. The lowest BCUT2D eigenvalue weighted by Crippen LogP contribution is -2.14. The van der Waals surface area contributed by atoms with Crippen molar-refractivity contribution in [2.45, 2.75) is 26.3 Å². The molecule has 90 valence electrons. The second-order valence-corrected chi connectivity index (χ2v) is 5.67. The molecule has 1 heterocycles. The first kappa shape index (κ1) is 12.6. The van der Waals surface area contributed by atoms with E-state index in [-0.39, 0.29) is 6.04 Å². The van der Waals surface area contributed by atoms with Gasteiger partial charge < -0.3 is 5.73 Å². The smallest absolute Gasteiger partial charge is 0.0897 e. The number of hydrogen-bond acceptors (Lipinski definition) is 3. The molecule has 0 aliphatic rings. The molecule has 2 rings (SSSR count). The lowest BCUT2D eigenvalue weighted by atomic mass is 9.99. The van der Waals surface area contributed by atoms with Gasteiger partial charge in [-0.25, -0.2) is 4.98 Å². The van der Waals surface area contributed by atoms with E-state index in [1.165, 1.54) is 0 Å². The second-order valence-electron chi connectivity index (χ2n) is 4.17. The molecule has 0 spiro atoms. The minimum atomic E-state index is -0.0197. The Bertz CT molecular complexity index is 522. The maximum absolute atomic E-state index is 6.21. The molecule has 17 heavy (non-hydrogen) atoms. The predicted molar refractivity (Wildman–Crippen MR) is 73.7 cm³/mol. The first-order chi connectivity index (χ1) is 8.06. The van der Waals surface area contributed by atoms with E-state index in [9.17, 15) is 0 Å². The van der Waals surface area contributed by atoms with Gasteiger partial charge >= 0.3 is 0 Å². The van der Waals surface area contributed by atoms with Crippen molar-refractivity contribution >= 4 is 22.9 Å². The molecule has 0 fully saturated rings. The van der Waals surface area contributed by atoms with E-state index in [2.05, 4.69) is 10.4 Å². The van der Waals surface area contributed by atoms with Gasteiger partial charge in [0.1, 0.15) is 0 Å². The molecule has 2 nitrogen and oxygen atoms in total. The van der Waals surface area contributed by atoms with Crippen molar-refractivity contribution in [2.24, 2.45) is 5.73 Å². The molecule has 1 aromatic heterocycles. The molecular weight excluding hydrogens is 252 g/mol. The monoisotopic (exact) mass is 266 g/mol. The summed E-state index contributed by atoms with van der Waals surface area (Å²) in [6.07, 6.45) is 0.771. The van der Waals surface area contributed by atoms with Crippen molar-refractivity contribution in [3.05, 3.63) is 50.4 Å². The SMILES string of the molecule is Cc1nc(CC(N)c2ccc(Cl)cc2C)cs1. The third-order valence-electron chi connectivity index (χ3n) is 2.73. The lowest BCUT2D eigenvalue weighted by Gasteiger charge is -2.13. The number of nitrogens with zero attached hydrogens (tertiary/aromatic N) is 1. The summed E-state index contributed by atoms with van der Waals surface area (Å²) in [6.45, 7) is 4.04. The molecule has 0 bridgehead atoms. The first-order valence-corrected chi connectivity index (χ1v) is 6.74. The standard InChI is InChI=1S/C13H15ClN2S/c1-8-5-10(14)3-4-12(8)13(15)6-11-7-17-9(2)16-11/h3-5,7,13H,6,15H2,1-2H3. The Hall–Kier alpha value is -0.900. The zero-order valence-corrected chi connectivity index (χ0v) is 11.5. The van der Waals surface area contributed by atoms with Gasteiger partial charge in [0, 0.05) is 22.9 Å². The Balaban J connectivity index is 2.17. The van der Waals surface area contributed by atoms with Gasteiger partial charge in [0.25, 0.3) is 0 Å². The Morgan fingerprint density at radius 3 is 2.76 bits per heavy atom. The van der Waals surface area contributed by atoms with Crippen LogP contribution in [0.3, 0.4) is 0 Å². The van der Waals surface area contributed by atoms with Crippen molar-refractivity contribution < 1.29 is 0 Å². The lowest BCUT2D eigenvalue weighted by molar-refractivity contribution is 0.704. The molecule has 0 aliphatic heterocycles. The van der Waals surface area contributed by atoms with E-state index < -0.39 is 0 Å². The van der Waals surface area contributed by atoms with E-state index in [0.717, 1.165) is 33.3 Å². The maximum atomic E-state index is 6.21. The number of nitrogens with two attached hydrogens (primary N) is 1. The molecule has 0 saturated carbocycles. The van der Waals surface area contributed by atoms with Crippen LogP contribution in [0, 0.1) is 13.8 Å². The largest absolute Gasteiger partial charge is 0.324 e. The van der Waals surface area contributed by atoms with Crippen LogP contribution < -0.4 is 5.73 Å². The molecule has 1 aromatic carbocycles. The average Bonchev–Trinajstić information content (AvgIpc) is 2.63. The highest BCUT2D eigenvalue weighted by Gasteiger charge is 2.11. The first-order valence-electron chi connectivity index (χ1n) is 5.49. The van der Waals surface area contributed by atoms with E-state index in [1.54, 1.807) is 11.3 Å². The van der Waals surface area contributed by atoms with Crippen LogP contribution in [0.2, 0.25) is 5.02 Å². The quantitative estimate of drug-likeness (QED) is 0.921. The zero-order chi connectivity index (χ0) is 12.4. The van der Waals surface area contributed by atoms with Crippen LogP contribution >= 0.6 is 22.9 Å². The van der Waals surface area contributed by atoms with Crippen molar-refractivity contribution in [1.82, 2.24) is 4.98 Å². The number of aryl methyl sites for hydroxylation is 2.